The Kier molecular flexibility index (Phi) is 4.36. The fraction of sp³-hybridized carbons (Fsp3) is 0.200. The Morgan fingerprint density at radius 2 is 1.95 bits per heavy atom. The topological polar surface area (TPSA) is 76.9 Å². The summed E-state index contributed by atoms with van der Waals surface area (Å²) in [5.74, 6) is 0.0744. The minimum atomic E-state index is -3.64. The lowest BCUT2D eigenvalue weighted by Crippen LogP contribution is -2.14. The van der Waals surface area contributed by atoms with Gasteiger partial charge < -0.3 is 0 Å². The van der Waals surface area contributed by atoms with Crippen molar-refractivity contribution in [1.29, 1.82) is 0 Å². The Balaban J connectivity index is 2.28. The molecule has 0 unspecified atom stereocenters. The third-order valence-corrected chi connectivity index (χ3v) is 5.04. The molecule has 0 spiro atoms. The number of anilines is 1. The summed E-state index contributed by atoms with van der Waals surface area (Å²) in [6.45, 7) is 0. The number of rotatable bonds is 4. The van der Waals surface area contributed by atoms with Gasteiger partial charge in [-0.2, -0.15) is 4.98 Å². The van der Waals surface area contributed by atoms with Crippen molar-refractivity contribution in [2.75, 3.05) is 11.0 Å². The fourth-order valence-corrected chi connectivity index (χ4v) is 3.17. The lowest BCUT2D eigenvalue weighted by Gasteiger charge is -2.04. The van der Waals surface area contributed by atoms with E-state index in [1.165, 1.54) is 16.4 Å². The molecule has 0 amide bonds. The summed E-state index contributed by atoms with van der Waals surface area (Å²) in [4.78, 5) is 4.27. The van der Waals surface area contributed by atoms with Gasteiger partial charge in [0.1, 0.15) is 0 Å². The van der Waals surface area contributed by atoms with E-state index in [1.807, 2.05) is 6.26 Å². The lowest BCUT2D eigenvalue weighted by atomic mass is 10.4. The van der Waals surface area contributed by atoms with Gasteiger partial charge in [0, 0.05) is 10.6 Å². The third kappa shape index (κ3) is 3.39. The van der Waals surface area contributed by atoms with Crippen molar-refractivity contribution in [3.8, 4) is 0 Å². The Labute approximate surface area is 129 Å². The molecule has 1 aromatic heterocycles. The van der Waals surface area contributed by atoms with E-state index in [-0.39, 0.29) is 10.8 Å². The minimum absolute atomic E-state index is 0.0744. The maximum absolute atomic E-state index is 12.1. The molecule has 102 valence electrons. The zero-order chi connectivity index (χ0) is 14.0. The summed E-state index contributed by atoms with van der Waals surface area (Å²) in [5, 5.41) is 4.64. The summed E-state index contributed by atoms with van der Waals surface area (Å²) in [6.07, 6.45) is 1.85. The highest BCUT2D eigenvalue weighted by Crippen LogP contribution is 2.17. The number of aryl methyl sites for hydroxylation is 1. The number of benzene rings is 1. The SMILES string of the molecule is CSc1nc(NS(=O)(=O)c2ccc(I)cc2)nn1C. The van der Waals surface area contributed by atoms with Crippen molar-refractivity contribution in [1.82, 2.24) is 14.8 Å². The number of thioether (sulfide) groups is 1. The molecule has 19 heavy (non-hydrogen) atoms. The van der Waals surface area contributed by atoms with Crippen LogP contribution in [0.25, 0.3) is 0 Å². The van der Waals surface area contributed by atoms with Crippen LogP contribution in [0.5, 0.6) is 0 Å². The van der Waals surface area contributed by atoms with Gasteiger partial charge in [-0.3, -0.25) is 0 Å². The first-order valence-corrected chi connectivity index (χ1v) is 8.94. The van der Waals surface area contributed by atoms with Crippen LogP contribution in [0.15, 0.2) is 34.3 Å². The van der Waals surface area contributed by atoms with Crippen LogP contribution in [0.4, 0.5) is 5.95 Å². The summed E-state index contributed by atoms with van der Waals surface area (Å²) >= 11 is 3.51. The fourth-order valence-electron chi connectivity index (χ4n) is 1.38. The van der Waals surface area contributed by atoms with Crippen LogP contribution in [0.1, 0.15) is 0 Å². The highest BCUT2D eigenvalue weighted by Gasteiger charge is 2.17. The van der Waals surface area contributed by atoms with Gasteiger partial charge in [0.25, 0.3) is 16.0 Å². The summed E-state index contributed by atoms with van der Waals surface area (Å²) in [5.41, 5.74) is 0. The van der Waals surface area contributed by atoms with Gasteiger partial charge in [-0.05, 0) is 53.1 Å². The van der Waals surface area contributed by atoms with E-state index < -0.39 is 10.0 Å². The molecule has 0 fully saturated rings. The lowest BCUT2D eigenvalue weighted by molar-refractivity contribution is 0.600. The highest BCUT2D eigenvalue weighted by molar-refractivity contribution is 14.1. The highest BCUT2D eigenvalue weighted by atomic mass is 127. The molecule has 1 N–H and O–H groups in total. The van der Waals surface area contributed by atoms with Crippen LogP contribution in [0, 0.1) is 3.57 Å². The second-order valence-electron chi connectivity index (χ2n) is 3.61. The van der Waals surface area contributed by atoms with Crippen LogP contribution < -0.4 is 4.72 Å². The quantitative estimate of drug-likeness (QED) is 0.616. The summed E-state index contributed by atoms with van der Waals surface area (Å²) in [6, 6.07) is 6.55. The maximum Gasteiger partial charge on any atom is 0.264 e. The monoisotopic (exact) mass is 410 g/mol. The van der Waals surface area contributed by atoms with E-state index in [4.69, 9.17) is 0 Å². The first kappa shape index (κ1) is 14.6. The number of sulfonamides is 1. The number of hydrogen-bond donors (Lipinski definition) is 1. The molecule has 2 rings (SSSR count). The number of halogens is 1. The number of nitrogens with one attached hydrogen (secondary N) is 1. The van der Waals surface area contributed by atoms with Gasteiger partial charge >= 0.3 is 0 Å². The van der Waals surface area contributed by atoms with Crippen molar-refractivity contribution in [3.05, 3.63) is 27.8 Å². The predicted octanol–water partition coefficient (Wildman–Crippen LogP) is 1.94. The molecule has 0 bridgehead atoms. The molecule has 6 nitrogen and oxygen atoms in total. The van der Waals surface area contributed by atoms with Crippen molar-refractivity contribution in [2.45, 2.75) is 10.1 Å². The van der Waals surface area contributed by atoms with E-state index in [2.05, 4.69) is 37.4 Å². The number of hydrogen-bond acceptors (Lipinski definition) is 5. The smallest absolute Gasteiger partial charge is 0.246 e. The molecule has 2 aromatic rings. The molecule has 0 saturated heterocycles. The molecule has 0 aliphatic carbocycles. The Bertz CT molecular complexity index is 682. The Morgan fingerprint density at radius 3 is 2.47 bits per heavy atom. The molecule has 1 heterocycles. The number of aromatic nitrogens is 3. The predicted molar refractivity (Wildman–Crippen MR) is 82.8 cm³/mol. The zero-order valence-electron chi connectivity index (χ0n) is 10.2. The third-order valence-electron chi connectivity index (χ3n) is 2.26. The van der Waals surface area contributed by atoms with Crippen LogP contribution >= 0.6 is 34.4 Å². The number of nitrogens with zero attached hydrogens (tertiary/aromatic N) is 3. The summed E-state index contributed by atoms with van der Waals surface area (Å²) in [7, 11) is -1.93. The average Bonchev–Trinajstić information content (AvgIpc) is 2.69. The normalized spacial score (nSPS) is 11.5. The zero-order valence-corrected chi connectivity index (χ0v) is 14.0. The van der Waals surface area contributed by atoms with E-state index in [0.717, 1.165) is 3.57 Å². The van der Waals surface area contributed by atoms with Crippen LogP contribution in [-0.2, 0) is 17.1 Å². The van der Waals surface area contributed by atoms with Crippen LogP contribution in [-0.4, -0.2) is 29.4 Å². The molecule has 0 saturated carbocycles. The van der Waals surface area contributed by atoms with Gasteiger partial charge in [0.05, 0.1) is 4.90 Å². The minimum Gasteiger partial charge on any atom is -0.246 e. The first-order chi connectivity index (χ1) is 8.92. The molecular weight excluding hydrogens is 399 g/mol. The second kappa shape index (κ2) is 5.67. The van der Waals surface area contributed by atoms with Gasteiger partial charge in [0.15, 0.2) is 5.16 Å². The standard InChI is InChI=1S/C10H11IN4O2S2/c1-15-10(18-2)12-9(13-15)14-19(16,17)8-5-3-7(11)4-6-8/h3-6H,1-2H3,(H,13,14). The second-order valence-corrected chi connectivity index (χ2v) is 7.31. The Hall–Kier alpha value is -0.810. The van der Waals surface area contributed by atoms with E-state index in [0.29, 0.717) is 5.16 Å². The molecule has 0 atom stereocenters. The van der Waals surface area contributed by atoms with Crippen LogP contribution in [0.2, 0.25) is 0 Å². The van der Waals surface area contributed by atoms with Crippen molar-refractivity contribution < 1.29 is 8.42 Å². The maximum atomic E-state index is 12.1. The molecule has 9 heteroatoms. The van der Waals surface area contributed by atoms with Gasteiger partial charge in [-0.1, -0.05) is 11.8 Å². The van der Waals surface area contributed by atoms with E-state index >= 15 is 0 Å². The van der Waals surface area contributed by atoms with Crippen molar-refractivity contribution in [3.63, 3.8) is 0 Å². The van der Waals surface area contributed by atoms with E-state index in [1.54, 1.807) is 31.3 Å². The largest absolute Gasteiger partial charge is 0.264 e. The summed E-state index contributed by atoms with van der Waals surface area (Å²) < 4.78 is 29.1. The van der Waals surface area contributed by atoms with Gasteiger partial charge in [-0.25, -0.2) is 17.8 Å². The molecule has 1 aromatic carbocycles. The van der Waals surface area contributed by atoms with Gasteiger partial charge in [-0.15, -0.1) is 5.10 Å². The van der Waals surface area contributed by atoms with Gasteiger partial charge in [0.2, 0.25) is 0 Å². The van der Waals surface area contributed by atoms with Crippen molar-refractivity contribution in [2.24, 2.45) is 7.05 Å². The van der Waals surface area contributed by atoms with Crippen LogP contribution in [0.3, 0.4) is 0 Å². The van der Waals surface area contributed by atoms with E-state index in [9.17, 15) is 8.42 Å². The first-order valence-electron chi connectivity index (χ1n) is 5.16. The molecule has 0 aliphatic rings. The van der Waals surface area contributed by atoms with Crippen molar-refractivity contribution >= 4 is 50.3 Å². The Morgan fingerprint density at radius 1 is 1.32 bits per heavy atom. The molecule has 0 radical (unpaired) electrons. The molecule has 0 aliphatic heterocycles. The average molecular weight is 410 g/mol. The molecular formula is C10H11IN4O2S2.